The largest absolute Gasteiger partial charge is 0.488 e. The van der Waals surface area contributed by atoms with E-state index in [1.807, 2.05) is 38.1 Å². The van der Waals surface area contributed by atoms with E-state index >= 15 is 4.39 Å². The number of nitrogens with zero attached hydrogens (tertiary/aromatic N) is 4. The highest BCUT2D eigenvalue weighted by atomic mass is 35.5. The number of carbonyl (C=O) groups excluding carboxylic acids is 7. The van der Waals surface area contributed by atoms with Crippen LogP contribution in [0.5, 0.6) is 5.75 Å². The smallest absolute Gasteiger partial charge is 0.246 e. The van der Waals surface area contributed by atoms with Crippen molar-refractivity contribution in [3.63, 3.8) is 0 Å². The van der Waals surface area contributed by atoms with Gasteiger partial charge in [-0.15, -0.1) is 23.7 Å². The molecule has 2 aromatic carbocycles. The van der Waals surface area contributed by atoms with Gasteiger partial charge in [-0.05, 0) is 93.0 Å². The van der Waals surface area contributed by atoms with Gasteiger partial charge in [-0.1, -0.05) is 51.1 Å². The van der Waals surface area contributed by atoms with Gasteiger partial charge in [0.25, 0.3) is 0 Å². The minimum absolute atomic E-state index is 0. The van der Waals surface area contributed by atoms with E-state index in [4.69, 9.17) is 16.2 Å². The Balaban J connectivity index is 0.00000963. The number of aromatic nitrogens is 1. The molecular formula is C51H71ClFN9O9S. The number of β-amino-alcohol motifs (C(OH)–C–C–N with tert-alkyl or cyclic N) is 1. The molecule has 21 heteroatoms. The molecule has 0 unspecified atom stereocenters. The summed E-state index contributed by atoms with van der Waals surface area (Å²) in [6, 6.07) is 5.65. The Kier molecular flexibility index (Phi) is 19.7. The highest BCUT2D eigenvalue weighted by Gasteiger charge is 2.46. The molecule has 0 aliphatic carbocycles. The number of benzene rings is 2. The first-order valence-corrected chi connectivity index (χ1v) is 25.3. The fourth-order valence-electron chi connectivity index (χ4n) is 9.73. The monoisotopic (exact) mass is 1040 g/mol. The molecule has 3 aliphatic rings. The third-order valence-electron chi connectivity index (χ3n) is 13.7. The molecular weight excluding hydrogens is 969 g/mol. The lowest BCUT2D eigenvalue weighted by molar-refractivity contribution is -0.144. The van der Waals surface area contributed by atoms with Gasteiger partial charge in [0.05, 0.1) is 34.3 Å². The maximum Gasteiger partial charge on any atom is 0.246 e. The van der Waals surface area contributed by atoms with Crippen LogP contribution in [0.25, 0.3) is 10.4 Å². The molecule has 7 amide bonds. The first-order valence-electron chi connectivity index (χ1n) is 24.4. The molecule has 0 bridgehead atoms. The lowest BCUT2D eigenvalue weighted by atomic mass is 9.85. The van der Waals surface area contributed by atoms with Crippen molar-refractivity contribution in [1.82, 2.24) is 35.6 Å². The second-order valence-corrected chi connectivity index (χ2v) is 21.2. The summed E-state index contributed by atoms with van der Waals surface area (Å²) < 4.78 is 22.1. The predicted octanol–water partition coefficient (Wildman–Crippen LogP) is 3.75. The van der Waals surface area contributed by atoms with E-state index < -0.39 is 89.0 Å². The molecule has 3 aromatic rings. The number of aliphatic hydroxyl groups is 1. The van der Waals surface area contributed by atoms with Crippen LogP contribution >= 0.6 is 23.7 Å². The average Bonchev–Trinajstić information content (AvgIpc) is 4.05. The van der Waals surface area contributed by atoms with Crippen LogP contribution in [0.4, 0.5) is 4.39 Å². The minimum Gasteiger partial charge on any atom is -0.488 e. The number of halogens is 2. The second-order valence-electron chi connectivity index (χ2n) is 20.3. The number of likely N-dealkylation sites (tertiary alicyclic amines) is 1. The van der Waals surface area contributed by atoms with E-state index in [9.17, 15) is 38.7 Å². The maximum absolute atomic E-state index is 16.1. The first kappa shape index (κ1) is 57.2. The van der Waals surface area contributed by atoms with Gasteiger partial charge in [0.2, 0.25) is 41.4 Å². The molecule has 8 atom stereocenters. The number of nitrogens with one attached hydrogen (secondary N) is 3. The molecule has 1 aromatic heterocycles. The van der Waals surface area contributed by atoms with Crippen molar-refractivity contribution in [2.45, 2.75) is 155 Å². The Bertz CT molecular complexity index is 2450. The van der Waals surface area contributed by atoms with Crippen LogP contribution in [0.1, 0.15) is 114 Å². The van der Waals surface area contributed by atoms with Crippen molar-refractivity contribution in [1.29, 1.82) is 0 Å². The number of aliphatic hydroxyl groups excluding tert-OH is 1. The molecule has 72 heavy (non-hydrogen) atoms. The zero-order valence-electron chi connectivity index (χ0n) is 42.2. The molecule has 0 radical (unpaired) electrons. The van der Waals surface area contributed by atoms with Crippen molar-refractivity contribution >= 4 is 65.1 Å². The molecule has 3 saturated heterocycles. The van der Waals surface area contributed by atoms with E-state index in [0.717, 1.165) is 21.7 Å². The number of rotatable bonds is 18. The van der Waals surface area contributed by atoms with Crippen LogP contribution in [0, 0.1) is 25.1 Å². The maximum atomic E-state index is 16.1. The average molecular weight is 1040 g/mol. The summed E-state index contributed by atoms with van der Waals surface area (Å²) in [6.07, 6.45) is 0.770. The number of hydrogen-bond donors (Lipinski definition) is 6. The highest BCUT2D eigenvalue weighted by Crippen LogP contribution is 2.32. The normalized spacial score (nSPS) is 21.3. The van der Waals surface area contributed by atoms with E-state index in [2.05, 4.69) is 20.9 Å². The Morgan fingerprint density at radius 3 is 2.31 bits per heavy atom. The summed E-state index contributed by atoms with van der Waals surface area (Å²) in [5.74, 6) is -3.81. The standard InChI is InChI=1S/C51H70FN9O9S.ClH/c1-28-21-34(44(52)41(22-28)70-26-35(15-18-42(54)64)57-47(66)39-17-16-36-19-20-59(31(4)62)25-38(53)49(68)61(36)39)9-8-10-43(65)58-46(51(5,6)7)50(69)60-24-37(63)23-40(60)48(67)56-29(2)32-11-13-33(14-12-32)45-30(3)55-27-71-45;/h11-14,21-22,27,29,35-40,46,63H,8-10,15-20,23-26,53H2,1-7H3,(H2,54,64)(H,56,67)(H,57,66)(H,58,65);1H/t29-,35-,36+,37+,38-,39-,40-,46+;/m0./s1. The second kappa shape index (κ2) is 24.8. The van der Waals surface area contributed by atoms with Crippen molar-refractivity contribution in [3.8, 4) is 16.2 Å². The lowest BCUT2D eigenvalue weighted by Gasteiger charge is -2.37. The van der Waals surface area contributed by atoms with Gasteiger partial charge in [0, 0.05) is 51.9 Å². The quantitative estimate of drug-likeness (QED) is 0.107. The number of fused-ring (bicyclic) bond motifs is 1. The fourth-order valence-corrected chi connectivity index (χ4v) is 10.5. The van der Waals surface area contributed by atoms with Crippen LogP contribution in [0.15, 0.2) is 41.9 Å². The molecule has 0 spiro atoms. The Morgan fingerprint density at radius 1 is 0.972 bits per heavy atom. The first-order chi connectivity index (χ1) is 33.5. The topological polar surface area (TPSA) is 260 Å². The molecule has 18 nitrogen and oxygen atoms in total. The van der Waals surface area contributed by atoms with Gasteiger partial charge >= 0.3 is 0 Å². The third kappa shape index (κ3) is 14.3. The number of ether oxygens (including phenoxy) is 1. The zero-order chi connectivity index (χ0) is 51.9. The third-order valence-corrected chi connectivity index (χ3v) is 14.6. The number of carbonyl (C=O) groups is 7. The van der Waals surface area contributed by atoms with E-state index in [-0.39, 0.29) is 93.9 Å². The van der Waals surface area contributed by atoms with Gasteiger partial charge in [0.1, 0.15) is 30.8 Å². The van der Waals surface area contributed by atoms with Gasteiger partial charge in [-0.25, -0.2) is 9.37 Å². The summed E-state index contributed by atoms with van der Waals surface area (Å²) >= 11 is 1.55. The van der Waals surface area contributed by atoms with Gasteiger partial charge in [-0.2, -0.15) is 0 Å². The zero-order valence-corrected chi connectivity index (χ0v) is 43.8. The van der Waals surface area contributed by atoms with Crippen LogP contribution in [-0.2, 0) is 40.0 Å². The molecule has 4 heterocycles. The Labute approximate surface area is 430 Å². The Hall–Kier alpha value is -5.70. The van der Waals surface area contributed by atoms with E-state index in [1.54, 1.807) is 55.5 Å². The fraction of sp³-hybridized carbons (Fsp3) is 0.569. The van der Waals surface area contributed by atoms with Crippen molar-refractivity contribution < 1.29 is 47.8 Å². The summed E-state index contributed by atoms with van der Waals surface area (Å²) in [5.41, 5.74) is 16.5. The van der Waals surface area contributed by atoms with Crippen LogP contribution in [-0.4, -0.2) is 135 Å². The summed E-state index contributed by atoms with van der Waals surface area (Å²) in [6.45, 7) is 12.5. The van der Waals surface area contributed by atoms with Crippen molar-refractivity contribution in [3.05, 3.63) is 70.1 Å². The number of aryl methyl sites for hydroxylation is 3. The number of nitrogens with two attached hydrogens (primary N) is 2. The lowest BCUT2D eigenvalue weighted by Crippen LogP contribution is -2.59. The molecule has 394 valence electrons. The molecule has 8 N–H and O–H groups in total. The molecule has 3 fully saturated rings. The molecule has 3 aliphatic heterocycles. The van der Waals surface area contributed by atoms with E-state index in [1.165, 1.54) is 22.8 Å². The number of amides is 7. The SMILES string of the molecule is CC(=O)N1CC[C@H]2CC[C@@H](C(=O)N[C@@H](CCC(N)=O)COc3cc(C)cc(CCCC(=O)N[C@H](C(=O)N4C[C@H](O)C[C@H]4C(=O)N[C@@H](C)c4ccc(-c5scnc5C)cc4)C(C)(C)C)c3F)N2C(=O)[C@@H](N)C1.Cl. The van der Waals surface area contributed by atoms with Gasteiger partial charge in [-0.3, -0.25) is 33.6 Å². The van der Waals surface area contributed by atoms with Gasteiger partial charge in [0.15, 0.2) is 11.6 Å². The number of primary amides is 1. The molecule has 0 saturated carbocycles. The number of thiazole rings is 1. The minimum atomic E-state index is -1.05. The summed E-state index contributed by atoms with van der Waals surface area (Å²) in [4.78, 5) is 103. The predicted molar refractivity (Wildman–Crippen MR) is 272 cm³/mol. The van der Waals surface area contributed by atoms with Crippen LogP contribution in [0.3, 0.4) is 0 Å². The van der Waals surface area contributed by atoms with E-state index in [0.29, 0.717) is 31.4 Å². The van der Waals surface area contributed by atoms with Crippen molar-refractivity contribution in [2.75, 3.05) is 26.2 Å². The number of hydrogen-bond acceptors (Lipinski definition) is 12. The van der Waals surface area contributed by atoms with Crippen LogP contribution < -0.4 is 32.2 Å². The van der Waals surface area contributed by atoms with Crippen molar-refractivity contribution in [2.24, 2.45) is 16.9 Å². The van der Waals surface area contributed by atoms with Crippen LogP contribution in [0.2, 0.25) is 0 Å². The van der Waals surface area contributed by atoms with Gasteiger partial charge < -0.3 is 52.0 Å². The summed E-state index contributed by atoms with van der Waals surface area (Å²) in [5, 5.41) is 19.5. The Morgan fingerprint density at radius 2 is 1.67 bits per heavy atom. The highest BCUT2D eigenvalue weighted by molar-refractivity contribution is 7.13. The molecule has 6 rings (SSSR count). The summed E-state index contributed by atoms with van der Waals surface area (Å²) in [7, 11) is 0.